The van der Waals surface area contributed by atoms with E-state index in [1.165, 1.54) is 32.1 Å². The summed E-state index contributed by atoms with van der Waals surface area (Å²) < 4.78 is 0.943. The predicted octanol–water partition coefficient (Wildman–Crippen LogP) is 6.10. The molecule has 0 spiro atoms. The summed E-state index contributed by atoms with van der Waals surface area (Å²) in [6, 6.07) is 4.62. The summed E-state index contributed by atoms with van der Waals surface area (Å²) in [6.45, 7) is 13.4. The molecule has 0 unspecified atom stereocenters. The minimum absolute atomic E-state index is 0.141. The lowest BCUT2D eigenvalue weighted by atomic mass is 9.83. The van der Waals surface area contributed by atoms with Crippen LogP contribution in [0.4, 0.5) is 5.69 Å². The number of anilines is 1. The summed E-state index contributed by atoms with van der Waals surface area (Å²) >= 11 is 3.71. The van der Waals surface area contributed by atoms with Crippen molar-refractivity contribution in [1.82, 2.24) is 10.3 Å². The van der Waals surface area contributed by atoms with Crippen LogP contribution in [0.5, 0.6) is 0 Å². The Morgan fingerprint density at radius 1 is 1.09 bits per heavy atom. The van der Waals surface area contributed by atoms with Crippen LogP contribution in [-0.4, -0.2) is 23.5 Å². The quantitative estimate of drug-likeness (QED) is 0.468. The van der Waals surface area contributed by atoms with E-state index in [1.54, 1.807) is 0 Å². The van der Waals surface area contributed by atoms with Gasteiger partial charge in [0.2, 0.25) is 0 Å². The van der Waals surface area contributed by atoms with Crippen molar-refractivity contribution in [2.45, 2.75) is 86.2 Å². The van der Waals surface area contributed by atoms with Gasteiger partial charge in [0, 0.05) is 46.1 Å². The van der Waals surface area contributed by atoms with Crippen molar-refractivity contribution in [1.29, 1.82) is 0 Å². The van der Waals surface area contributed by atoms with E-state index in [4.69, 9.17) is 0 Å². The first-order chi connectivity index (χ1) is 15.7. The lowest BCUT2D eigenvalue weighted by Gasteiger charge is -2.39. The molecule has 1 aliphatic rings. The second-order valence-corrected chi connectivity index (χ2v) is 10.4. The Labute approximate surface area is 206 Å². The van der Waals surface area contributed by atoms with Crippen molar-refractivity contribution in [3.8, 4) is 0 Å². The highest BCUT2D eigenvalue weighted by atomic mass is 79.9. The van der Waals surface area contributed by atoms with Crippen LogP contribution in [0.3, 0.4) is 0 Å². The first-order valence-corrected chi connectivity index (χ1v) is 13.0. The number of carbonyl (C=O) groups excluding carboxylic acids is 1. The van der Waals surface area contributed by atoms with Gasteiger partial charge in [0.25, 0.3) is 11.5 Å². The highest BCUT2D eigenvalue weighted by molar-refractivity contribution is 9.10. The van der Waals surface area contributed by atoms with E-state index < -0.39 is 0 Å². The lowest BCUT2D eigenvalue weighted by molar-refractivity contribution is 0.0949. The normalized spacial score (nSPS) is 18.3. The van der Waals surface area contributed by atoms with E-state index in [9.17, 15) is 9.59 Å². The number of pyridine rings is 1. The van der Waals surface area contributed by atoms with E-state index in [0.29, 0.717) is 17.2 Å². The number of carbonyl (C=O) groups is 1. The summed E-state index contributed by atoms with van der Waals surface area (Å²) in [6.07, 6.45) is 6.23. The van der Waals surface area contributed by atoms with Gasteiger partial charge in [-0.2, -0.15) is 0 Å². The Kier molecular flexibility index (Phi) is 8.43. The molecule has 1 saturated carbocycles. The molecule has 1 heterocycles. The van der Waals surface area contributed by atoms with Crippen LogP contribution >= 0.6 is 15.9 Å². The Bertz CT molecular complexity index is 1070. The van der Waals surface area contributed by atoms with Crippen molar-refractivity contribution < 1.29 is 4.79 Å². The summed E-state index contributed by atoms with van der Waals surface area (Å²) in [5.74, 6) is 0.707. The number of hydrogen-bond donors (Lipinski definition) is 2. The van der Waals surface area contributed by atoms with E-state index in [-0.39, 0.29) is 18.0 Å². The van der Waals surface area contributed by atoms with Crippen molar-refractivity contribution in [3.05, 3.63) is 60.5 Å². The largest absolute Gasteiger partial charge is 0.369 e. The Morgan fingerprint density at radius 2 is 1.76 bits per heavy atom. The first kappa shape index (κ1) is 25.5. The second-order valence-electron chi connectivity index (χ2n) is 9.50. The molecular formula is C27H38BrN3O2. The summed E-state index contributed by atoms with van der Waals surface area (Å²) in [7, 11) is 0. The van der Waals surface area contributed by atoms with E-state index in [0.717, 1.165) is 45.0 Å². The number of H-pyrrole nitrogens is 1. The van der Waals surface area contributed by atoms with Gasteiger partial charge in [0.05, 0.1) is 0 Å². The van der Waals surface area contributed by atoms with Gasteiger partial charge in [-0.15, -0.1) is 0 Å². The molecule has 3 rings (SSSR count). The third-order valence-corrected chi connectivity index (χ3v) is 8.21. The van der Waals surface area contributed by atoms with Gasteiger partial charge in [-0.3, -0.25) is 9.59 Å². The maximum Gasteiger partial charge on any atom is 0.253 e. The zero-order valence-corrected chi connectivity index (χ0v) is 22.5. The fourth-order valence-corrected chi connectivity index (χ4v) is 5.77. The molecule has 0 aliphatic heterocycles. The number of rotatable bonds is 7. The third-order valence-electron chi connectivity index (χ3n) is 7.39. The van der Waals surface area contributed by atoms with Crippen molar-refractivity contribution in [3.63, 3.8) is 0 Å². The molecule has 2 N–H and O–H groups in total. The molecule has 1 aliphatic carbocycles. The number of amides is 1. The predicted molar refractivity (Wildman–Crippen MR) is 140 cm³/mol. The van der Waals surface area contributed by atoms with Gasteiger partial charge in [0.1, 0.15) is 0 Å². The maximum atomic E-state index is 13.4. The van der Waals surface area contributed by atoms with Crippen molar-refractivity contribution >= 4 is 27.5 Å². The molecule has 1 amide bonds. The van der Waals surface area contributed by atoms with Crippen molar-refractivity contribution in [2.24, 2.45) is 5.92 Å². The number of halogens is 1. The summed E-state index contributed by atoms with van der Waals surface area (Å²) in [4.78, 5) is 31.1. The molecular weight excluding hydrogens is 478 g/mol. The molecule has 0 saturated heterocycles. The van der Waals surface area contributed by atoms with Gasteiger partial charge in [0.15, 0.2) is 0 Å². The lowest BCUT2D eigenvalue weighted by Crippen LogP contribution is -2.39. The Hall–Kier alpha value is -2.08. The minimum atomic E-state index is -0.143. The van der Waals surface area contributed by atoms with Crippen molar-refractivity contribution in [2.75, 3.05) is 11.4 Å². The fraction of sp³-hybridized carbons (Fsp3) is 0.556. The SMILES string of the molecule is CCC1CCC(N(CC)c2cc(Br)c(C)c(C(=O)NCc3c(C)cc(C)[nH]c3=O)c2C)CC1. The highest BCUT2D eigenvalue weighted by Crippen LogP contribution is 2.37. The van der Waals surface area contributed by atoms with Gasteiger partial charge >= 0.3 is 0 Å². The standard InChI is InChI=1S/C27H38BrN3O2/c1-7-20-9-11-21(12-10-20)31(8-2)24-14-23(28)18(5)25(19(24)6)27(33)29-15-22-16(3)13-17(4)30-26(22)32/h13-14,20-21H,7-12,15H2,1-6H3,(H,29,33)(H,30,32). The van der Waals surface area contributed by atoms with Crippen LogP contribution in [0.25, 0.3) is 0 Å². The average Bonchev–Trinajstić information content (AvgIpc) is 2.77. The molecule has 0 bridgehead atoms. The van der Waals surface area contributed by atoms with E-state index >= 15 is 0 Å². The van der Waals surface area contributed by atoms with Crippen LogP contribution in [0.1, 0.15) is 84.3 Å². The molecule has 1 aromatic heterocycles. The van der Waals surface area contributed by atoms with Gasteiger partial charge in [-0.05, 0) is 95.0 Å². The molecule has 180 valence electrons. The van der Waals surface area contributed by atoms with Crippen LogP contribution < -0.4 is 15.8 Å². The number of aromatic amines is 1. The van der Waals surface area contributed by atoms with Crippen LogP contribution in [0, 0.1) is 33.6 Å². The van der Waals surface area contributed by atoms with Crippen LogP contribution in [-0.2, 0) is 6.54 Å². The molecule has 1 fully saturated rings. The zero-order valence-electron chi connectivity index (χ0n) is 20.9. The van der Waals surface area contributed by atoms with E-state index in [2.05, 4.69) is 51.0 Å². The molecule has 33 heavy (non-hydrogen) atoms. The monoisotopic (exact) mass is 515 g/mol. The van der Waals surface area contributed by atoms with E-state index in [1.807, 2.05) is 33.8 Å². The summed E-state index contributed by atoms with van der Waals surface area (Å²) in [5, 5.41) is 3.00. The molecule has 1 aromatic carbocycles. The number of aryl methyl sites for hydroxylation is 2. The van der Waals surface area contributed by atoms with Crippen LogP contribution in [0.2, 0.25) is 0 Å². The molecule has 6 heteroatoms. The molecule has 0 atom stereocenters. The van der Waals surface area contributed by atoms with Gasteiger partial charge in [-0.1, -0.05) is 29.3 Å². The molecule has 2 aromatic rings. The molecule has 5 nitrogen and oxygen atoms in total. The Balaban J connectivity index is 1.88. The third kappa shape index (κ3) is 5.53. The number of benzene rings is 1. The number of aromatic nitrogens is 1. The second kappa shape index (κ2) is 10.9. The Morgan fingerprint density at radius 3 is 2.33 bits per heavy atom. The number of nitrogens with one attached hydrogen (secondary N) is 2. The number of hydrogen-bond acceptors (Lipinski definition) is 3. The smallest absolute Gasteiger partial charge is 0.253 e. The van der Waals surface area contributed by atoms with Gasteiger partial charge in [-0.25, -0.2) is 0 Å². The topological polar surface area (TPSA) is 65.2 Å². The zero-order chi connectivity index (χ0) is 24.3. The highest BCUT2D eigenvalue weighted by Gasteiger charge is 2.28. The maximum absolute atomic E-state index is 13.4. The first-order valence-electron chi connectivity index (χ1n) is 12.2. The van der Waals surface area contributed by atoms with Gasteiger partial charge < -0.3 is 15.2 Å². The van der Waals surface area contributed by atoms with Crippen LogP contribution in [0.15, 0.2) is 21.4 Å². The molecule has 0 radical (unpaired) electrons. The number of nitrogens with zero attached hydrogens (tertiary/aromatic N) is 1. The fourth-order valence-electron chi connectivity index (χ4n) is 5.35. The minimum Gasteiger partial charge on any atom is -0.369 e. The summed E-state index contributed by atoms with van der Waals surface area (Å²) in [5.41, 5.74) is 5.92. The average molecular weight is 517 g/mol.